The molecule has 0 saturated heterocycles. The van der Waals surface area contributed by atoms with Gasteiger partial charge < -0.3 is 10.7 Å². The number of nitrogen functional groups attached to an aromatic ring is 1. The number of nitrogens with two attached hydrogens (primary N) is 1. The quantitative estimate of drug-likeness (QED) is 0.600. The maximum atomic E-state index is 5.36. The average molecular weight is 247 g/mol. The molecule has 17 heavy (non-hydrogen) atoms. The minimum atomic E-state index is 0.572. The van der Waals surface area contributed by atoms with Crippen LogP contribution >= 0.6 is 12.2 Å². The minimum Gasteiger partial charge on any atom is -0.399 e. The minimum absolute atomic E-state index is 0.572. The highest BCUT2D eigenvalue weighted by molar-refractivity contribution is 7.71. The molecule has 1 heterocycles. The number of hydrogen-bond acceptors (Lipinski definition) is 3. The summed E-state index contributed by atoms with van der Waals surface area (Å²) in [7, 11) is 0. The van der Waals surface area contributed by atoms with Gasteiger partial charge in [-0.1, -0.05) is 25.1 Å². The van der Waals surface area contributed by atoms with Crippen molar-refractivity contribution in [1.29, 1.82) is 0 Å². The predicted octanol–water partition coefficient (Wildman–Crippen LogP) is 3.28. The van der Waals surface area contributed by atoms with Crippen molar-refractivity contribution < 1.29 is 0 Å². The van der Waals surface area contributed by atoms with Gasteiger partial charge >= 0.3 is 0 Å². The molecule has 3 N–H and O–H groups in total. The van der Waals surface area contributed by atoms with Gasteiger partial charge in [0.2, 0.25) is 0 Å². The first kappa shape index (κ1) is 13.4. The topological polar surface area (TPSA) is 54.7 Å². The Labute approximate surface area is 107 Å². The molecule has 0 spiro atoms. The van der Waals surface area contributed by atoms with E-state index in [2.05, 4.69) is 16.9 Å². The summed E-state index contributed by atoms with van der Waals surface area (Å²) in [6.45, 7) is 4.12. The molecule has 0 aliphatic carbocycles. The fourth-order valence-electron chi connectivity index (χ4n) is 1.31. The highest BCUT2D eigenvalue weighted by Gasteiger charge is 1.93. The van der Waals surface area contributed by atoms with Gasteiger partial charge in [-0.25, -0.2) is 4.98 Å². The lowest BCUT2D eigenvalue weighted by atomic mass is 10.2. The lowest BCUT2D eigenvalue weighted by Gasteiger charge is -1.99. The van der Waals surface area contributed by atoms with E-state index in [1.165, 1.54) is 11.3 Å². The second kappa shape index (κ2) is 6.81. The molecule has 90 valence electrons. The van der Waals surface area contributed by atoms with E-state index >= 15 is 0 Å². The Hall–Kier alpha value is -1.68. The van der Waals surface area contributed by atoms with Crippen molar-refractivity contribution in [3.8, 4) is 0 Å². The molecule has 1 aromatic carbocycles. The zero-order valence-electron chi connectivity index (χ0n) is 10.1. The lowest BCUT2D eigenvalue weighted by Crippen LogP contribution is -1.93. The number of hydrogen-bond donors (Lipinski definition) is 2. The molecule has 2 rings (SSSR count). The number of benzene rings is 1. The van der Waals surface area contributed by atoms with Crippen LogP contribution in [0.4, 0.5) is 5.69 Å². The molecule has 0 radical (unpaired) electrons. The zero-order valence-corrected chi connectivity index (χ0v) is 10.9. The van der Waals surface area contributed by atoms with Crippen LogP contribution in [0.2, 0.25) is 0 Å². The van der Waals surface area contributed by atoms with Crippen molar-refractivity contribution in [2.45, 2.75) is 20.3 Å². The molecule has 0 atom stereocenters. The van der Waals surface area contributed by atoms with Crippen molar-refractivity contribution in [3.63, 3.8) is 0 Å². The predicted molar refractivity (Wildman–Crippen MR) is 74.4 cm³/mol. The summed E-state index contributed by atoms with van der Waals surface area (Å²) in [5, 5.41) is 0. The average Bonchev–Trinajstić information content (AvgIpc) is 2.34. The van der Waals surface area contributed by atoms with Gasteiger partial charge in [0.15, 0.2) is 4.77 Å². The number of aryl methyl sites for hydroxylation is 2. The van der Waals surface area contributed by atoms with Gasteiger partial charge in [-0.05, 0) is 43.3 Å². The smallest absolute Gasteiger partial charge is 0.196 e. The van der Waals surface area contributed by atoms with E-state index in [0.717, 1.165) is 12.1 Å². The van der Waals surface area contributed by atoms with Crippen LogP contribution in [0.15, 0.2) is 36.5 Å². The van der Waals surface area contributed by atoms with E-state index < -0.39 is 0 Å². The van der Waals surface area contributed by atoms with Crippen molar-refractivity contribution in [2.75, 3.05) is 5.73 Å². The fourth-order valence-corrected chi connectivity index (χ4v) is 1.49. The largest absolute Gasteiger partial charge is 0.399 e. The summed E-state index contributed by atoms with van der Waals surface area (Å²) >= 11 is 4.86. The number of aromatic amines is 1. The van der Waals surface area contributed by atoms with E-state index in [9.17, 15) is 0 Å². The summed E-state index contributed by atoms with van der Waals surface area (Å²) < 4.78 is 0.572. The third-order valence-corrected chi connectivity index (χ3v) is 2.47. The van der Waals surface area contributed by atoms with Crippen LogP contribution in [0.25, 0.3) is 0 Å². The van der Waals surface area contributed by atoms with Crippen LogP contribution in [0.1, 0.15) is 18.2 Å². The molecule has 0 unspecified atom stereocenters. The van der Waals surface area contributed by atoms with Crippen molar-refractivity contribution >= 4 is 17.9 Å². The summed E-state index contributed by atoms with van der Waals surface area (Å²) in [5.74, 6) is 0. The first-order valence-electron chi connectivity index (χ1n) is 5.48. The van der Waals surface area contributed by atoms with E-state index in [4.69, 9.17) is 18.0 Å². The number of nitrogens with zero attached hydrogens (tertiary/aromatic N) is 1. The van der Waals surface area contributed by atoms with E-state index in [1.807, 2.05) is 37.3 Å². The Morgan fingerprint density at radius 3 is 2.35 bits per heavy atom. The first-order valence-corrected chi connectivity index (χ1v) is 5.89. The van der Waals surface area contributed by atoms with Crippen molar-refractivity contribution in [3.05, 3.63) is 52.6 Å². The maximum absolute atomic E-state index is 5.36. The second-order valence-electron chi connectivity index (χ2n) is 3.61. The van der Waals surface area contributed by atoms with Gasteiger partial charge in [0.1, 0.15) is 0 Å². The number of H-pyrrole nitrogens is 1. The van der Waals surface area contributed by atoms with Gasteiger partial charge in [0.05, 0.1) is 0 Å². The van der Waals surface area contributed by atoms with Gasteiger partial charge in [0.25, 0.3) is 0 Å². The molecule has 0 fully saturated rings. The Morgan fingerprint density at radius 2 is 1.94 bits per heavy atom. The van der Waals surface area contributed by atoms with Crippen LogP contribution in [0.3, 0.4) is 0 Å². The van der Waals surface area contributed by atoms with Crippen LogP contribution in [-0.4, -0.2) is 9.97 Å². The molecule has 0 saturated carbocycles. The third kappa shape index (κ3) is 4.78. The summed E-state index contributed by atoms with van der Waals surface area (Å²) in [6, 6.07) is 9.49. The van der Waals surface area contributed by atoms with Gasteiger partial charge in [0, 0.05) is 17.6 Å². The number of para-hydroxylation sites is 1. The molecule has 2 aromatic rings. The molecular weight excluding hydrogens is 230 g/mol. The second-order valence-corrected chi connectivity index (χ2v) is 4.00. The maximum Gasteiger partial charge on any atom is 0.196 e. The Balaban J connectivity index is 0.000000181. The van der Waals surface area contributed by atoms with Crippen LogP contribution in [0.5, 0.6) is 0 Å². The number of aromatic nitrogens is 2. The van der Waals surface area contributed by atoms with Gasteiger partial charge in [-0.2, -0.15) is 0 Å². The number of nitrogens with one attached hydrogen (secondary N) is 1. The van der Waals surface area contributed by atoms with Crippen LogP contribution in [-0.2, 0) is 6.42 Å². The summed E-state index contributed by atoms with van der Waals surface area (Å²) in [5.41, 5.74) is 8.54. The molecule has 0 aliphatic rings. The van der Waals surface area contributed by atoms with Crippen LogP contribution < -0.4 is 5.73 Å². The Kier molecular flexibility index (Phi) is 5.36. The third-order valence-electron chi connectivity index (χ3n) is 2.26. The van der Waals surface area contributed by atoms with Gasteiger partial charge in [-0.3, -0.25) is 0 Å². The van der Waals surface area contributed by atoms with Crippen molar-refractivity contribution in [1.82, 2.24) is 9.97 Å². The highest BCUT2D eigenvalue weighted by Crippen LogP contribution is 2.01. The Morgan fingerprint density at radius 1 is 1.29 bits per heavy atom. The molecule has 0 amide bonds. The molecule has 1 aromatic heterocycles. The zero-order chi connectivity index (χ0) is 12.7. The SMILES string of the molecule is CCc1[nH]c(=S)ncc1C.Nc1ccccc1. The standard InChI is InChI=1S/C7H10N2S.C6H7N/c1-3-6-5(2)4-8-7(10)9-6;7-6-4-2-1-3-5-6/h4H,3H2,1-2H3,(H,8,9,10);1-5H,7H2. The Bertz CT molecular complexity index is 506. The first-order chi connectivity index (χ1) is 8.13. The van der Waals surface area contributed by atoms with Gasteiger partial charge in [-0.15, -0.1) is 0 Å². The van der Waals surface area contributed by atoms with Crippen LogP contribution in [0, 0.1) is 11.7 Å². The van der Waals surface area contributed by atoms with Crippen molar-refractivity contribution in [2.24, 2.45) is 0 Å². The fraction of sp³-hybridized carbons (Fsp3) is 0.231. The van der Waals surface area contributed by atoms with E-state index in [-0.39, 0.29) is 0 Å². The molecule has 0 aliphatic heterocycles. The van der Waals surface area contributed by atoms with E-state index in [0.29, 0.717) is 4.77 Å². The highest BCUT2D eigenvalue weighted by atomic mass is 32.1. The van der Waals surface area contributed by atoms with E-state index in [1.54, 1.807) is 6.20 Å². The lowest BCUT2D eigenvalue weighted by molar-refractivity contribution is 0.956. The normalized spacial score (nSPS) is 9.29. The molecule has 3 nitrogen and oxygen atoms in total. The molecule has 4 heteroatoms. The summed E-state index contributed by atoms with van der Waals surface area (Å²) in [6.07, 6.45) is 2.79. The summed E-state index contributed by atoms with van der Waals surface area (Å²) in [4.78, 5) is 6.98. The number of anilines is 1. The monoisotopic (exact) mass is 247 g/mol. The number of rotatable bonds is 1. The molecular formula is C13H17N3S. The molecule has 0 bridgehead atoms.